The summed E-state index contributed by atoms with van der Waals surface area (Å²) in [6, 6.07) is 15.0. The lowest BCUT2D eigenvalue weighted by Crippen LogP contribution is -2.17. The summed E-state index contributed by atoms with van der Waals surface area (Å²) in [5, 5.41) is 5.57. The van der Waals surface area contributed by atoms with Gasteiger partial charge in [-0.2, -0.15) is 5.10 Å². The first-order valence-electron chi connectivity index (χ1n) is 10.2. The predicted octanol–water partition coefficient (Wildman–Crippen LogP) is 4.65. The molecule has 9 heteroatoms. The van der Waals surface area contributed by atoms with Crippen molar-refractivity contribution in [2.45, 2.75) is 13.8 Å². The third-order valence-electron chi connectivity index (χ3n) is 4.80. The van der Waals surface area contributed by atoms with Crippen LogP contribution in [0.15, 0.2) is 63.8 Å². The minimum absolute atomic E-state index is 0.00927. The van der Waals surface area contributed by atoms with Crippen LogP contribution in [0.2, 0.25) is 5.02 Å². The number of rotatable bonds is 6. The third kappa shape index (κ3) is 4.25. The van der Waals surface area contributed by atoms with Crippen LogP contribution in [-0.2, 0) is 9.47 Å². The van der Waals surface area contributed by atoms with E-state index in [4.69, 9.17) is 25.5 Å². The quantitative estimate of drug-likeness (QED) is 0.301. The first kappa shape index (κ1) is 22.3. The number of aromatic nitrogens is 2. The number of ether oxygens (including phenoxy) is 2. The zero-order valence-corrected chi connectivity index (χ0v) is 18.6. The van der Waals surface area contributed by atoms with Gasteiger partial charge in [-0.05, 0) is 50.2 Å². The second kappa shape index (κ2) is 9.30. The number of halogens is 1. The Kier molecular flexibility index (Phi) is 6.28. The monoisotopic (exact) mass is 466 g/mol. The topological polar surface area (TPSA) is 101 Å². The molecule has 0 radical (unpaired) electrons. The van der Waals surface area contributed by atoms with Crippen molar-refractivity contribution in [2.24, 2.45) is 0 Å². The van der Waals surface area contributed by atoms with E-state index in [-0.39, 0.29) is 35.7 Å². The van der Waals surface area contributed by atoms with E-state index in [1.807, 2.05) is 0 Å². The fourth-order valence-electron chi connectivity index (χ4n) is 3.39. The molecule has 33 heavy (non-hydrogen) atoms. The molecule has 0 aliphatic heterocycles. The van der Waals surface area contributed by atoms with Crippen molar-refractivity contribution in [3.05, 3.63) is 81.3 Å². The highest BCUT2D eigenvalue weighted by molar-refractivity contribution is 6.30. The molecule has 2 aromatic heterocycles. The lowest BCUT2D eigenvalue weighted by molar-refractivity contribution is 0.0473. The largest absolute Gasteiger partial charge is 0.462 e. The highest BCUT2D eigenvalue weighted by Gasteiger charge is 2.33. The van der Waals surface area contributed by atoms with Gasteiger partial charge in [0.25, 0.3) is 0 Å². The maximum atomic E-state index is 13.0. The van der Waals surface area contributed by atoms with E-state index in [2.05, 4.69) is 5.10 Å². The number of hydrogen-bond acceptors (Lipinski definition) is 7. The summed E-state index contributed by atoms with van der Waals surface area (Å²) >= 11 is 6.00. The van der Waals surface area contributed by atoms with Crippen LogP contribution in [0.25, 0.3) is 27.9 Å². The Balaban J connectivity index is 2.06. The molecule has 0 saturated heterocycles. The highest BCUT2D eigenvalue weighted by Crippen LogP contribution is 2.29. The SMILES string of the molecule is CCOC(=O)c1c(-c2cc3ccccc3oc2=O)nn(-c2ccc(Cl)cc2)c1C(=O)OCC. The number of nitrogens with zero attached hydrogens (tertiary/aromatic N) is 2. The van der Waals surface area contributed by atoms with Gasteiger partial charge in [-0.3, -0.25) is 0 Å². The number of benzene rings is 2. The van der Waals surface area contributed by atoms with Gasteiger partial charge in [-0.15, -0.1) is 0 Å². The van der Waals surface area contributed by atoms with Crippen LogP contribution < -0.4 is 5.63 Å². The summed E-state index contributed by atoms with van der Waals surface area (Å²) < 4.78 is 17.1. The van der Waals surface area contributed by atoms with E-state index < -0.39 is 17.6 Å². The molecule has 0 fully saturated rings. The summed E-state index contributed by atoms with van der Waals surface area (Å²) in [4.78, 5) is 38.8. The summed E-state index contributed by atoms with van der Waals surface area (Å²) in [7, 11) is 0. The van der Waals surface area contributed by atoms with Crippen LogP contribution in [0.4, 0.5) is 0 Å². The lowest BCUT2D eigenvalue weighted by atomic mass is 10.1. The zero-order valence-electron chi connectivity index (χ0n) is 17.8. The third-order valence-corrected chi connectivity index (χ3v) is 5.05. The molecule has 0 aliphatic rings. The second-order valence-corrected chi connectivity index (χ2v) is 7.32. The Bertz CT molecular complexity index is 1400. The lowest BCUT2D eigenvalue weighted by Gasteiger charge is -2.09. The van der Waals surface area contributed by atoms with Gasteiger partial charge in [0.1, 0.15) is 16.8 Å². The highest BCUT2D eigenvalue weighted by atomic mass is 35.5. The van der Waals surface area contributed by atoms with Gasteiger partial charge in [0.15, 0.2) is 5.69 Å². The molecule has 0 amide bonds. The van der Waals surface area contributed by atoms with E-state index in [0.717, 1.165) is 0 Å². The molecule has 8 nitrogen and oxygen atoms in total. The molecule has 0 N–H and O–H groups in total. The molecule has 0 spiro atoms. The van der Waals surface area contributed by atoms with E-state index in [9.17, 15) is 14.4 Å². The molecule has 0 aliphatic carbocycles. The van der Waals surface area contributed by atoms with Gasteiger partial charge < -0.3 is 13.9 Å². The normalized spacial score (nSPS) is 10.9. The first-order valence-corrected chi connectivity index (χ1v) is 10.6. The van der Waals surface area contributed by atoms with Gasteiger partial charge >= 0.3 is 17.6 Å². The maximum Gasteiger partial charge on any atom is 0.357 e. The molecular formula is C24H19ClN2O6. The second-order valence-electron chi connectivity index (χ2n) is 6.89. The molecule has 2 heterocycles. The molecule has 0 bridgehead atoms. The fourth-order valence-corrected chi connectivity index (χ4v) is 3.51. The molecule has 4 aromatic rings. The van der Waals surface area contributed by atoms with Gasteiger partial charge in [0, 0.05) is 10.4 Å². The van der Waals surface area contributed by atoms with Crippen LogP contribution in [-0.4, -0.2) is 34.9 Å². The van der Waals surface area contributed by atoms with Crippen molar-refractivity contribution in [1.82, 2.24) is 9.78 Å². The van der Waals surface area contributed by atoms with Crippen molar-refractivity contribution in [1.29, 1.82) is 0 Å². The van der Waals surface area contributed by atoms with Crippen molar-refractivity contribution in [2.75, 3.05) is 13.2 Å². The molecule has 168 valence electrons. The molecule has 0 atom stereocenters. The summed E-state index contributed by atoms with van der Waals surface area (Å²) in [6.45, 7) is 3.40. The standard InChI is InChI=1S/C24H19ClN2O6/c1-3-31-23(29)19-20(17-13-14-7-5-6-8-18(14)33-22(17)28)26-27(21(19)24(30)32-4-2)16-11-9-15(25)10-12-16/h5-13H,3-4H2,1-2H3. The summed E-state index contributed by atoms with van der Waals surface area (Å²) in [6.07, 6.45) is 0. The van der Waals surface area contributed by atoms with Crippen molar-refractivity contribution in [3.63, 3.8) is 0 Å². The van der Waals surface area contributed by atoms with E-state index >= 15 is 0 Å². The van der Waals surface area contributed by atoms with Gasteiger partial charge in [-0.1, -0.05) is 29.8 Å². The summed E-state index contributed by atoms with van der Waals surface area (Å²) in [5.74, 6) is -1.61. The minimum Gasteiger partial charge on any atom is -0.462 e. The number of carbonyl (C=O) groups is 2. The van der Waals surface area contributed by atoms with Gasteiger partial charge in [-0.25, -0.2) is 19.1 Å². The van der Waals surface area contributed by atoms with Gasteiger partial charge in [0.2, 0.25) is 0 Å². The fraction of sp³-hybridized carbons (Fsp3) is 0.167. The van der Waals surface area contributed by atoms with Crippen molar-refractivity contribution in [3.8, 4) is 16.9 Å². The molecule has 0 saturated carbocycles. The smallest absolute Gasteiger partial charge is 0.357 e. The Labute approximate surface area is 193 Å². The number of para-hydroxylation sites is 1. The van der Waals surface area contributed by atoms with Crippen LogP contribution >= 0.6 is 11.6 Å². The van der Waals surface area contributed by atoms with Crippen molar-refractivity contribution >= 4 is 34.5 Å². The molecule has 2 aromatic carbocycles. The van der Waals surface area contributed by atoms with E-state index in [0.29, 0.717) is 21.7 Å². The Morgan fingerprint density at radius 1 is 1.00 bits per heavy atom. The number of hydrogen-bond donors (Lipinski definition) is 0. The number of esters is 2. The van der Waals surface area contributed by atoms with Crippen molar-refractivity contribution < 1.29 is 23.5 Å². The van der Waals surface area contributed by atoms with Crippen LogP contribution in [0.1, 0.15) is 34.7 Å². The predicted molar refractivity (Wildman–Crippen MR) is 122 cm³/mol. The Hall–Kier alpha value is -3.91. The Morgan fingerprint density at radius 2 is 1.67 bits per heavy atom. The number of carbonyl (C=O) groups excluding carboxylic acids is 2. The van der Waals surface area contributed by atoms with Crippen LogP contribution in [0.5, 0.6) is 0 Å². The first-order chi connectivity index (χ1) is 15.9. The minimum atomic E-state index is -0.816. The van der Waals surface area contributed by atoms with Gasteiger partial charge in [0.05, 0.1) is 24.5 Å². The van der Waals surface area contributed by atoms with E-state index in [1.165, 1.54) is 4.68 Å². The average molecular weight is 467 g/mol. The number of fused-ring (bicyclic) bond motifs is 1. The average Bonchev–Trinajstić information content (AvgIpc) is 3.20. The maximum absolute atomic E-state index is 13.0. The van der Waals surface area contributed by atoms with E-state index in [1.54, 1.807) is 68.4 Å². The molecular weight excluding hydrogens is 448 g/mol. The summed E-state index contributed by atoms with van der Waals surface area (Å²) in [5.41, 5.74) is -0.291. The molecule has 0 unspecified atom stereocenters. The zero-order chi connectivity index (χ0) is 23.5. The van der Waals surface area contributed by atoms with Crippen LogP contribution in [0.3, 0.4) is 0 Å². The molecule has 4 rings (SSSR count). The Morgan fingerprint density at radius 3 is 2.36 bits per heavy atom. The van der Waals surface area contributed by atoms with Crippen LogP contribution in [0, 0.1) is 0 Å².